The van der Waals surface area contributed by atoms with Crippen LogP contribution in [-0.4, -0.2) is 43.1 Å². The van der Waals surface area contributed by atoms with E-state index in [9.17, 15) is 4.79 Å². The van der Waals surface area contributed by atoms with Crippen molar-refractivity contribution in [2.75, 3.05) is 13.7 Å². The summed E-state index contributed by atoms with van der Waals surface area (Å²) in [6.07, 6.45) is 1.66. The quantitative estimate of drug-likeness (QED) is 0.519. The van der Waals surface area contributed by atoms with Crippen LogP contribution in [0.2, 0.25) is 0 Å². The van der Waals surface area contributed by atoms with E-state index in [0.29, 0.717) is 12.5 Å². The van der Waals surface area contributed by atoms with E-state index in [-0.39, 0.29) is 12.1 Å². The van der Waals surface area contributed by atoms with Crippen molar-refractivity contribution in [3.8, 4) is 0 Å². The van der Waals surface area contributed by atoms with Crippen LogP contribution in [-0.2, 0) is 9.53 Å². The van der Waals surface area contributed by atoms with Crippen molar-refractivity contribution in [3.05, 3.63) is 16.1 Å². The lowest BCUT2D eigenvalue weighted by Crippen LogP contribution is -2.40. The van der Waals surface area contributed by atoms with Crippen LogP contribution in [0.4, 0.5) is 0 Å². The molecule has 1 rings (SSSR count). The van der Waals surface area contributed by atoms with Gasteiger partial charge in [-0.25, -0.2) is 4.98 Å². The predicted molar refractivity (Wildman–Crippen MR) is 84.7 cm³/mol. The van der Waals surface area contributed by atoms with Gasteiger partial charge >= 0.3 is 0 Å². The predicted octanol–water partition coefficient (Wildman–Crippen LogP) is 2.69. The fraction of sp³-hybridized carbons (Fsp3) is 0.714. The standard InChI is InChI=1S/C14H24BN2O2S/c1-6-19-13(14-16-11(4)8-20-14)7-12(10(2)3)17(5)15-9-18/h8-10,12-13H,6-7H2,1-5H3/t12-,13-/m0/s1. The molecule has 0 aromatic carbocycles. The first-order valence-electron chi connectivity index (χ1n) is 7.03. The van der Waals surface area contributed by atoms with Crippen molar-refractivity contribution in [2.45, 2.75) is 46.3 Å². The third-order valence-electron chi connectivity index (χ3n) is 3.32. The van der Waals surface area contributed by atoms with Gasteiger partial charge in [-0.15, -0.1) is 11.3 Å². The van der Waals surface area contributed by atoms with E-state index in [1.807, 2.05) is 31.1 Å². The van der Waals surface area contributed by atoms with Gasteiger partial charge < -0.3 is 14.3 Å². The molecule has 1 heterocycles. The Morgan fingerprint density at radius 3 is 2.70 bits per heavy atom. The Morgan fingerprint density at radius 1 is 1.55 bits per heavy atom. The van der Waals surface area contributed by atoms with Gasteiger partial charge in [0, 0.05) is 23.7 Å². The molecule has 0 amide bonds. The van der Waals surface area contributed by atoms with E-state index in [4.69, 9.17) is 4.74 Å². The molecule has 111 valence electrons. The lowest BCUT2D eigenvalue weighted by Gasteiger charge is -2.32. The molecule has 6 heteroatoms. The molecule has 0 spiro atoms. The van der Waals surface area contributed by atoms with Crippen LogP contribution in [0.15, 0.2) is 5.38 Å². The number of rotatable bonds is 9. The minimum absolute atomic E-state index is 0.00592. The average Bonchev–Trinajstić information content (AvgIpc) is 2.80. The highest BCUT2D eigenvalue weighted by Crippen LogP contribution is 2.29. The molecule has 1 radical (unpaired) electrons. The summed E-state index contributed by atoms with van der Waals surface area (Å²) in [5.74, 6) is 0.431. The molecular weight excluding hydrogens is 271 g/mol. The summed E-state index contributed by atoms with van der Waals surface area (Å²) in [5, 5.41) is 3.07. The lowest BCUT2D eigenvalue weighted by molar-refractivity contribution is 0.0364. The van der Waals surface area contributed by atoms with E-state index in [2.05, 4.69) is 18.8 Å². The summed E-state index contributed by atoms with van der Waals surface area (Å²) in [6, 6.07) is 0.251. The largest absolute Gasteiger partial charge is 0.371 e. The molecule has 4 nitrogen and oxygen atoms in total. The summed E-state index contributed by atoms with van der Waals surface area (Å²) >= 11 is 1.64. The van der Waals surface area contributed by atoms with Crippen molar-refractivity contribution >= 4 is 24.9 Å². The monoisotopic (exact) mass is 295 g/mol. The first kappa shape index (κ1) is 17.3. The Kier molecular flexibility index (Phi) is 7.41. The molecule has 0 N–H and O–H groups in total. The smallest absolute Gasteiger partial charge is 0.293 e. The molecule has 20 heavy (non-hydrogen) atoms. The molecule has 0 fully saturated rings. The molecule has 0 saturated heterocycles. The van der Waals surface area contributed by atoms with Gasteiger partial charge in [-0.05, 0) is 33.2 Å². The maximum Gasteiger partial charge on any atom is 0.293 e. The van der Waals surface area contributed by atoms with Gasteiger partial charge in [0.25, 0.3) is 7.41 Å². The topological polar surface area (TPSA) is 42.4 Å². The molecule has 2 atom stereocenters. The van der Waals surface area contributed by atoms with Crippen molar-refractivity contribution in [2.24, 2.45) is 5.92 Å². The van der Waals surface area contributed by atoms with Crippen molar-refractivity contribution in [3.63, 3.8) is 0 Å². The maximum absolute atomic E-state index is 10.7. The highest BCUT2D eigenvalue weighted by molar-refractivity contribution is 7.09. The highest BCUT2D eigenvalue weighted by atomic mass is 32.1. The second kappa shape index (κ2) is 8.54. The molecule has 0 unspecified atom stereocenters. The fourth-order valence-corrected chi connectivity index (χ4v) is 3.15. The molecule has 0 bridgehead atoms. The Bertz CT molecular complexity index is 412. The Balaban J connectivity index is 2.82. The van der Waals surface area contributed by atoms with E-state index in [0.717, 1.165) is 23.3 Å². The van der Waals surface area contributed by atoms with E-state index >= 15 is 0 Å². The molecule has 0 aliphatic rings. The van der Waals surface area contributed by atoms with Gasteiger partial charge in [-0.1, -0.05) is 13.8 Å². The third kappa shape index (κ3) is 5.00. The Labute approximate surface area is 126 Å². The molecule has 0 saturated carbocycles. The van der Waals surface area contributed by atoms with Gasteiger partial charge in [0.1, 0.15) is 11.1 Å². The highest BCUT2D eigenvalue weighted by Gasteiger charge is 2.26. The van der Waals surface area contributed by atoms with Crippen LogP contribution in [0.3, 0.4) is 0 Å². The van der Waals surface area contributed by atoms with Crippen molar-refractivity contribution in [1.82, 2.24) is 9.79 Å². The third-order valence-corrected chi connectivity index (χ3v) is 4.38. The fourth-order valence-electron chi connectivity index (χ4n) is 2.30. The number of carbonyl (C=O) groups is 1. The zero-order chi connectivity index (χ0) is 15.1. The van der Waals surface area contributed by atoms with Crippen LogP contribution in [0, 0.1) is 12.8 Å². The first-order chi connectivity index (χ1) is 9.49. The van der Waals surface area contributed by atoms with Crippen LogP contribution < -0.4 is 0 Å². The van der Waals surface area contributed by atoms with Crippen LogP contribution >= 0.6 is 11.3 Å². The molecule has 0 aliphatic heterocycles. The van der Waals surface area contributed by atoms with E-state index in [1.165, 1.54) is 0 Å². The van der Waals surface area contributed by atoms with Gasteiger partial charge in [0.15, 0.2) is 0 Å². The number of aromatic nitrogens is 1. The van der Waals surface area contributed by atoms with Gasteiger partial charge in [0.05, 0.1) is 6.19 Å². The van der Waals surface area contributed by atoms with E-state index < -0.39 is 0 Å². The summed E-state index contributed by atoms with van der Waals surface area (Å²) in [4.78, 5) is 17.2. The number of hydrogen-bond acceptors (Lipinski definition) is 5. The molecule has 0 aliphatic carbocycles. The Morgan fingerprint density at radius 2 is 2.25 bits per heavy atom. The van der Waals surface area contributed by atoms with Crippen LogP contribution in [0.5, 0.6) is 0 Å². The average molecular weight is 295 g/mol. The number of nitrogens with zero attached hydrogens (tertiary/aromatic N) is 2. The number of aryl methyl sites for hydroxylation is 1. The van der Waals surface area contributed by atoms with Gasteiger partial charge in [0.2, 0.25) is 0 Å². The number of carbonyl (C=O) groups excluding carboxylic acids is 1. The van der Waals surface area contributed by atoms with Gasteiger partial charge in [-0.2, -0.15) is 0 Å². The van der Waals surface area contributed by atoms with E-state index in [1.54, 1.807) is 18.8 Å². The minimum Gasteiger partial charge on any atom is -0.371 e. The summed E-state index contributed by atoms with van der Waals surface area (Å²) < 4.78 is 5.87. The molecular formula is C14H24BN2O2S. The summed E-state index contributed by atoms with van der Waals surface area (Å²) in [5.41, 5.74) is 1.03. The minimum atomic E-state index is -0.00592. The maximum atomic E-state index is 10.7. The molecule has 1 aromatic heterocycles. The first-order valence-corrected chi connectivity index (χ1v) is 7.91. The van der Waals surface area contributed by atoms with Crippen molar-refractivity contribution in [1.29, 1.82) is 0 Å². The number of ether oxygens (including phenoxy) is 1. The van der Waals surface area contributed by atoms with Gasteiger partial charge in [-0.3, -0.25) is 0 Å². The molecule has 1 aromatic rings. The zero-order valence-corrected chi connectivity index (χ0v) is 13.8. The number of hydrogen-bond donors (Lipinski definition) is 0. The second-order valence-electron chi connectivity index (χ2n) is 5.27. The Hall–Kier alpha value is -0.715. The zero-order valence-electron chi connectivity index (χ0n) is 13.0. The summed E-state index contributed by atoms with van der Waals surface area (Å²) in [7, 11) is 3.52. The second-order valence-corrected chi connectivity index (χ2v) is 6.16. The summed E-state index contributed by atoms with van der Waals surface area (Å²) in [6.45, 7) is 8.98. The van der Waals surface area contributed by atoms with Crippen LogP contribution in [0.25, 0.3) is 0 Å². The number of thiazole rings is 1. The lowest BCUT2D eigenvalue weighted by atomic mass is 9.86. The van der Waals surface area contributed by atoms with Crippen molar-refractivity contribution < 1.29 is 9.53 Å². The van der Waals surface area contributed by atoms with Crippen LogP contribution in [0.1, 0.15) is 44.0 Å². The normalized spacial score (nSPS) is 14.6. The SMILES string of the molecule is CCO[C@@H](C[C@@H](C(C)C)N(C)[B]C=O)c1nc(C)cs1.